The van der Waals surface area contributed by atoms with Gasteiger partial charge in [0.15, 0.2) is 0 Å². The van der Waals surface area contributed by atoms with E-state index < -0.39 is 0 Å². The molecule has 0 aliphatic heterocycles. The summed E-state index contributed by atoms with van der Waals surface area (Å²) in [6, 6.07) is 98.8. The summed E-state index contributed by atoms with van der Waals surface area (Å²) in [6.45, 7) is 0. The number of nitrogens with zero attached hydrogens (tertiary/aromatic N) is 4. The van der Waals surface area contributed by atoms with Crippen LogP contribution in [0, 0.1) is 0 Å². The lowest BCUT2D eigenvalue weighted by Gasteiger charge is -2.16. The van der Waals surface area contributed by atoms with Crippen LogP contribution in [-0.2, 0) is 0 Å². The van der Waals surface area contributed by atoms with Gasteiger partial charge in [0, 0.05) is 88.1 Å². The Hall–Kier alpha value is -10.2. The van der Waals surface area contributed by atoms with Crippen molar-refractivity contribution in [3.8, 4) is 67.3 Å². The van der Waals surface area contributed by atoms with Gasteiger partial charge in [-0.1, -0.05) is 194 Å². The van der Waals surface area contributed by atoms with Crippen LogP contribution in [-0.4, -0.2) is 18.3 Å². The molecule has 13 aromatic carbocycles. The summed E-state index contributed by atoms with van der Waals surface area (Å²) in [4.78, 5) is 0. The van der Waals surface area contributed by atoms with E-state index in [9.17, 15) is 0 Å². The maximum Gasteiger partial charge on any atom is 0.0627 e. The molecular weight excluding hydrogens is 921 g/mol. The van der Waals surface area contributed by atoms with Crippen LogP contribution < -0.4 is 0 Å². The zero-order chi connectivity index (χ0) is 49.6. The van der Waals surface area contributed by atoms with Crippen LogP contribution in [0.2, 0.25) is 0 Å². The van der Waals surface area contributed by atoms with E-state index in [0.717, 1.165) is 22.7 Å². The van der Waals surface area contributed by atoms with E-state index in [2.05, 4.69) is 285 Å². The molecular formula is C72H44N4. The Kier molecular flexibility index (Phi) is 8.52. The molecule has 4 heteroatoms. The van der Waals surface area contributed by atoms with Crippen LogP contribution in [0.4, 0.5) is 0 Å². The third-order valence-electron chi connectivity index (χ3n) is 16.4. The fraction of sp³-hybridized carbons (Fsp3) is 0. The molecule has 4 heterocycles. The van der Waals surface area contributed by atoms with Crippen LogP contribution in [0.3, 0.4) is 0 Å². The third kappa shape index (κ3) is 5.51. The molecule has 0 N–H and O–H groups in total. The van der Waals surface area contributed by atoms with E-state index >= 15 is 0 Å². The SMILES string of the molecule is c1ccc(-c2cc3c4c5c6c7c8c9c%10c4c(c(-c4ccccc4)cc%10n(-c4ccccc4)c9c(-c4ccccc4)cc8n(-c4ccccc4)c7c(-c4ccccc4)cc6n(-c4ccccc4)c25)n3-c2ccccc2)cc1. The third-order valence-corrected chi connectivity index (χ3v) is 16.4. The molecule has 0 fully saturated rings. The average Bonchev–Trinajstić information content (AvgIpc) is 4.35. The summed E-state index contributed by atoms with van der Waals surface area (Å²) in [6.07, 6.45) is 0. The van der Waals surface area contributed by atoms with Crippen LogP contribution in [0.15, 0.2) is 267 Å². The number of rotatable bonds is 8. The maximum atomic E-state index is 2.60. The van der Waals surface area contributed by atoms with Crippen molar-refractivity contribution in [2.24, 2.45) is 0 Å². The first-order valence-corrected chi connectivity index (χ1v) is 26.3. The molecule has 4 nitrogen and oxygen atoms in total. The Morgan fingerprint density at radius 1 is 0.171 bits per heavy atom. The average molecular weight is 965 g/mol. The Labute approximate surface area is 437 Å². The fourth-order valence-electron chi connectivity index (χ4n) is 13.5. The van der Waals surface area contributed by atoms with E-state index in [0.29, 0.717) is 0 Å². The number of aromatic nitrogens is 4. The van der Waals surface area contributed by atoms with Gasteiger partial charge in [-0.3, -0.25) is 0 Å². The minimum absolute atomic E-state index is 1.12. The molecule has 0 amide bonds. The molecule has 0 saturated carbocycles. The van der Waals surface area contributed by atoms with Crippen molar-refractivity contribution in [3.05, 3.63) is 267 Å². The predicted molar refractivity (Wildman–Crippen MR) is 319 cm³/mol. The first-order chi connectivity index (χ1) is 37.8. The van der Waals surface area contributed by atoms with Crippen LogP contribution in [0.25, 0.3) is 154 Å². The van der Waals surface area contributed by atoms with Gasteiger partial charge in [-0.15, -0.1) is 0 Å². The lowest BCUT2D eigenvalue weighted by molar-refractivity contribution is 1.16. The molecule has 4 aromatic heterocycles. The standard InChI is InChI=1S/C72H44N4/c1-9-25-45(26-10-1)53-41-57-61-65-62-58(73(69(53)65)49-33-17-5-18-34-49)42-54(46-27-11-2-12-28-46)71-67(62)64-60(75(71)51-37-21-7-22-38-51)44-56(48-31-15-4-16-32-48)72-68(64)63-59(76(72)52-39-23-8-24-40-52)43-55(47-29-13-3-14-30-47)70(66(61)63)74(57)50-35-19-6-20-36-50/h1-44H. The van der Waals surface area contributed by atoms with Crippen LogP contribution in [0.1, 0.15) is 0 Å². The van der Waals surface area contributed by atoms with Crippen molar-refractivity contribution in [2.45, 2.75) is 0 Å². The van der Waals surface area contributed by atoms with Gasteiger partial charge in [-0.2, -0.15) is 0 Å². The van der Waals surface area contributed by atoms with Crippen molar-refractivity contribution in [3.63, 3.8) is 0 Å². The molecule has 0 bridgehead atoms. The molecule has 17 aromatic rings. The highest BCUT2D eigenvalue weighted by molar-refractivity contribution is 6.49. The normalized spacial score (nSPS) is 12.2. The van der Waals surface area contributed by atoms with Crippen molar-refractivity contribution >= 4 is 87.2 Å². The van der Waals surface area contributed by atoms with E-state index in [1.165, 1.54) is 132 Å². The lowest BCUT2D eigenvalue weighted by atomic mass is 9.89. The van der Waals surface area contributed by atoms with Crippen molar-refractivity contribution in [2.75, 3.05) is 0 Å². The molecule has 0 unspecified atom stereocenters. The minimum atomic E-state index is 1.12. The second-order valence-electron chi connectivity index (χ2n) is 20.3. The van der Waals surface area contributed by atoms with Crippen molar-refractivity contribution in [1.29, 1.82) is 0 Å². The Morgan fingerprint density at radius 2 is 0.342 bits per heavy atom. The van der Waals surface area contributed by atoms with Gasteiger partial charge in [-0.05, 0) is 95.1 Å². The van der Waals surface area contributed by atoms with Gasteiger partial charge in [0.2, 0.25) is 0 Å². The van der Waals surface area contributed by atoms with E-state index in [1.807, 2.05) is 0 Å². The van der Waals surface area contributed by atoms with Crippen LogP contribution >= 0.6 is 0 Å². The molecule has 352 valence electrons. The molecule has 17 rings (SSSR count). The summed E-state index contributed by atoms with van der Waals surface area (Å²) >= 11 is 0. The van der Waals surface area contributed by atoms with E-state index in [1.54, 1.807) is 0 Å². The van der Waals surface area contributed by atoms with Gasteiger partial charge >= 0.3 is 0 Å². The Bertz CT molecular complexity index is 4330. The van der Waals surface area contributed by atoms with E-state index in [4.69, 9.17) is 0 Å². The van der Waals surface area contributed by atoms with Gasteiger partial charge in [0.25, 0.3) is 0 Å². The second-order valence-corrected chi connectivity index (χ2v) is 20.3. The molecule has 0 aliphatic rings. The summed E-state index contributed by atoms with van der Waals surface area (Å²) in [7, 11) is 0. The summed E-state index contributed by atoms with van der Waals surface area (Å²) in [5.41, 5.74) is 23.4. The van der Waals surface area contributed by atoms with Crippen molar-refractivity contribution < 1.29 is 0 Å². The zero-order valence-electron chi connectivity index (χ0n) is 41.2. The Morgan fingerprint density at radius 3 is 0.526 bits per heavy atom. The van der Waals surface area contributed by atoms with E-state index in [-0.39, 0.29) is 0 Å². The van der Waals surface area contributed by atoms with Gasteiger partial charge in [0.05, 0.1) is 44.1 Å². The zero-order valence-corrected chi connectivity index (χ0v) is 41.2. The number of hydrogen-bond acceptors (Lipinski definition) is 0. The van der Waals surface area contributed by atoms with Gasteiger partial charge in [-0.25, -0.2) is 0 Å². The molecule has 0 saturated heterocycles. The predicted octanol–water partition coefficient (Wildman–Crippen LogP) is 19.1. The topological polar surface area (TPSA) is 19.7 Å². The summed E-state index contributed by atoms with van der Waals surface area (Å²) in [5, 5.41) is 10.1. The molecule has 0 aliphatic carbocycles. The number of hydrogen-bond donors (Lipinski definition) is 0. The highest BCUT2D eigenvalue weighted by atomic mass is 15.0. The summed E-state index contributed by atoms with van der Waals surface area (Å²) < 4.78 is 10.4. The molecule has 0 atom stereocenters. The molecule has 0 radical (unpaired) electrons. The minimum Gasteiger partial charge on any atom is -0.309 e. The highest BCUT2D eigenvalue weighted by Gasteiger charge is 2.35. The van der Waals surface area contributed by atoms with Crippen LogP contribution in [0.5, 0.6) is 0 Å². The largest absolute Gasteiger partial charge is 0.309 e. The van der Waals surface area contributed by atoms with Gasteiger partial charge in [0.1, 0.15) is 0 Å². The first kappa shape index (κ1) is 41.3. The number of benzene rings is 12. The Balaban J connectivity index is 1.29. The highest BCUT2D eigenvalue weighted by Crippen LogP contribution is 2.59. The summed E-state index contributed by atoms with van der Waals surface area (Å²) in [5.74, 6) is 0. The number of para-hydroxylation sites is 4. The van der Waals surface area contributed by atoms with Gasteiger partial charge < -0.3 is 18.3 Å². The molecule has 76 heavy (non-hydrogen) atoms. The maximum absolute atomic E-state index is 2.60. The second kappa shape index (κ2) is 15.7. The molecule has 0 spiro atoms. The lowest BCUT2D eigenvalue weighted by Crippen LogP contribution is -1.99. The first-order valence-electron chi connectivity index (χ1n) is 26.3. The van der Waals surface area contributed by atoms with Crippen molar-refractivity contribution in [1.82, 2.24) is 18.3 Å². The fourth-order valence-corrected chi connectivity index (χ4v) is 13.5. The monoisotopic (exact) mass is 964 g/mol. The smallest absolute Gasteiger partial charge is 0.0627 e. The quantitative estimate of drug-likeness (QED) is 0.145.